The number of aromatic nitrogens is 2. The van der Waals surface area contributed by atoms with Gasteiger partial charge in [0.1, 0.15) is 11.5 Å². The van der Waals surface area contributed by atoms with Gasteiger partial charge >= 0.3 is 0 Å². The third-order valence-corrected chi connectivity index (χ3v) is 3.35. The Morgan fingerprint density at radius 2 is 2.26 bits per heavy atom. The van der Waals surface area contributed by atoms with Crippen molar-refractivity contribution >= 4 is 11.6 Å². The lowest BCUT2D eigenvalue weighted by atomic mass is 9.98. The highest BCUT2D eigenvalue weighted by Gasteiger charge is 2.37. The van der Waals surface area contributed by atoms with Crippen molar-refractivity contribution < 1.29 is 14.0 Å². The molecule has 1 aromatic heterocycles. The summed E-state index contributed by atoms with van der Waals surface area (Å²) in [5.41, 5.74) is 1.31. The van der Waals surface area contributed by atoms with Crippen molar-refractivity contribution in [2.24, 2.45) is 13.0 Å². The zero-order chi connectivity index (χ0) is 13.6. The lowest BCUT2D eigenvalue weighted by Crippen LogP contribution is -2.21. The van der Waals surface area contributed by atoms with E-state index in [2.05, 4.69) is 4.98 Å². The summed E-state index contributed by atoms with van der Waals surface area (Å²) in [6, 6.07) is 4.00. The van der Waals surface area contributed by atoms with Crippen LogP contribution in [0.2, 0.25) is 0 Å². The number of benzene rings is 1. The van der Waals surface area contributed by atoms with Crippen molar-refractivity contribution in [1.82, 2.24) is 9.55 Å². The second kappa shape index (κ2) is 4.12. The van der Waals surface area contributed by atoms with E-state index in [1.807, 2.05) is 0 Å². The number of imidazole rings is 1. The third kappa shape index (κ3) is 1.87. The maximum atomic E-state index is 13.1. The van der Waals surface area contributed by atoms with Gasteiger partial charge in [-0.3, -0.25) is 9.59 Å². The minimum absolute atomic E-state index is 0.245. The van der Waals surface area contributed by atoms with Gasteiger partial charge < -0.3 is 4.57 Å². The van der Waals surface area contributed by atoms with Crippen LogP contribution in [0.5, 0.6) is 0 Å². The standard InChI is InChI=1S/C14H11FN2O2/c1-17-6-12(16-7-17)14(19)11-5-8-4-9(15)2-3-10(8)13(11)18/h2-4,6-7,11H,5H2,1H3. The summed E-state index contributed by atoms with van der Waals surface area (Å²) in [6.45, 7) is 0. The number of ketones is 2. The number of nitrogens with zero attached hydrogens (tertiary/aromatic N) is 2. The van der Waals surface area contributed by atoms with Crippen molar-refractivity contribution in [3.8, 4) is 0 Å². The average Bonchev–Trinajstić information content (AvgIpc) is 2.93. The van der Waals surface area contributed by atoms with Crippen LogP contribution in [0.15, 0.2) is 30.7 Å². The largest absolute Gasteiger partial charge is 0.340 e. The van der Waals surface area contributed by atoms with Crippen molar-refractivity contribution in [3.63, 3.8) is 0 Å². The van der Waals surface area contributed by atoms with Crippen LogP contribution in [0.25, 0.3) is 0 Å². The van der Waals surface area contributed by atoms with Gasteiger partial charge in [-0.2, -0.15) is 0 Å². The molecule has 0 radical (unpaired) electrons. The molecule has 19 heavy (non-hydrogen) atoms. The molecule has 0 spiro atoms. The molecular formula is C14H11FN2O2. The fourth-order valence-electron chi connectivity index (χ4n) is 2.40. The molecule has 1 heterocycles. The number of hydrogen-bond acceptors (Lipinski definition) is 3. The molecule has 1 unspecified atom stereocenters. The van der Waals surface area contributed by atoms with Gasteiger partial charge in [-0.1, -0.05) is 0 Å². The van der Waals surface area contributed by atoms with Crippen LogP contribution >= 0.6 is 0 Å². The van der Waals surface area contributed by atoms with Gasteiger partial charge in [0.15, 0.2) is 11.6 Å². The van der Waals surface area contributed by atoms with E-state index < -0.39 is 11.7 Å². The van der Waals surface area contributed by atoms with Crippen LogP contribution < -0.4 is 0 Å². The van der Waals surface area contributed by atoms with E-state index in [9.17, 15) is 14.0 Å². The fourth-order valence-corrected chi connectivity index (χ4v) is 2.40. The van der Waals surface area contributed by atoms with Gasteiger partial charge in [-0.15, -0.1) is 0 Å². The van der Waals surface area contributed by atoms with Crippen LogP contribution in [0.4, 0.5) is 4.39 Å². The predicted molar refractivity (Wildman–Crippen MR) is 65.5 cm³/mol. The average molecular weight is 258 g/mol. The molecule has 0 amide bonds. The fraction of sp³-hybridized carbons (Fsp3) is 0.214. The molecule has 1 aliphatic carbocycles. The zero-order valence-corrected chi connectivity index (χ0v) is 10.3. The first-order valence-corrected chi connectivity index (χ1v) is 5.91. The molecule has 5 heteroatoms. The second-order valence-electron chi connectivity index (χ2n) is 4.71. The molecule has 0 saturated heterocycles. The Morgan fingerprint density at radius 3 is 2.95 bits per heavy atom. The lowest BCUT2D eigenvalue weighted by molar-refractivity contribution is 0.0819. The molecule has 4 nitrogen and oxygen atoms in total. The molecule has 0 N–H and O–H groups in total. The van der Waals surface area contributed by atoms with Gasteiger partial charge in [0.05, 0.1) is 12.2 Å². The van der Waals surface area contributed by atoms with E-state index in [-0.39, 0.29) is 23.7 Å². The molecule has 3 rings (SSSR count). The summed E-state index contributed by atoms with van der Waals surface area (Å²) in [7, 11) is 1.75. The number of carbonyl (C=O) groups is 2. The Labute approximate surface area is 108 Å². The van der Waals surface area contributed by atoms with E-state index in [0.29, 0.717) is 11.1 Å². The number of carbonyl (C=O) groups excluding carboxylic acids is 2. The Hall–Kier alpha value is -2.30. The Bertz CT molecular complexity index is 691. The van der Waals surface area contributed by atoms with Crippen molar-refractivity contribution in [3.05, 3.63) is 53.4 Å². The van der Waals surface area contributed by atoms with Crippen LogP contribution in [-0.2, 0) is 13.5 Å². The van der Waals surface area contributed by atoms with Gasteiger partial charge in [0.2, 0.25) is 0 Å². The number of fused-ring (bicyclic) bond motifs is 1. The van der Waals surface area contributed by atoms with E-state index >= 15 is 0 Å². The number of rotatable bonds is 2. The maximum Gasteiger partial charge on any atom is 0.193 e. The number of hydrogen-bond donors (Lipinski definition) is 0. The monoisotopic (exact) mass is 258 g/mol. The minimum Gasteiger partial charge on any atom is -0.340 e. The third-order valence-electron chi connectivity index (χ3n) is 3.35. The first-order chi connectivity index (χ1) is 9.06. The molecule has 2 aromatic rings. The predicted octanol–water partition coefficient (Wildman–Crippen LogP) is 1.80. The topological polar surface area (TPSA) is 52.0 Å². The highest BCUT2D eigenvalue weighted by Crippen LogP contribution is 2.29. The Balaban J connectivity index is 1.93. The van der Waals surface area contributed by atoms with Crippen LogP contribution in [0.3, 0.4) is 0 Å². The van der Waals surface area contributed by atoms with E-state index in [0.717, 1.165) is 0 Å². The molecule has 0 saturated carbocycles. The molecule has 1 aliphatic rings. The van der Waals surface area contributed by atoms with E-state index in [1.54, 1.807) is 17.8 Å². The quantitative estimate of drug-likeness (QED) is 0.609. The molecule has 1 aromatic carbocycles. The van der Waals surface area contributed by atoms with E-state index in [1.165, 1.54) is 24.5 Å². The normalized spacial score (nSPS) is 17.6. The molecule has 0 fully saturated rings. The van der Waals surface area contributed by atoms with Crippen LogP contribution in [-0.4, -0.2) is 21.1 Å². The van der Waals surface area contributed by atoms with Crippen molar-refractivity contribution in [2.75, 3.05) is 0 Å². The maximum absolute atomic E-state index is 13.1. The summed E-state index contributed by atoms with van der Waals surface area (Å²) < 4.78 is 14.8. The van der Waals surface area contributed by atoms with Gasteiger partial charge in [-0.25, -0.2) is 9.37 Å². The molecule has 0 aliphatic heterocycles. The van der Waals surface area contributed by atoms with Crippen molar-refractivity contribution in [2.45, 2.75) is 6.42 Å². The number of aryl methyl sites for hydroxylation is 1. The summed E-state index contributed by atoms with van der Waals surface area (Å²) in [5, 5.41) is 0. The summed E-state index contributed by atoms with van der Waals surface area (Å²) in [5.74, 6) is -1.71. The van der Waals surface area contributed by atoms with Gasteiger partial charge in [0, 0.05) is 18.8 Å². The molecule has 96 valence electrons. The first kappa shape index (κ1) is 11.8. The van der Waals surface area contributed by atoms with Gasteiger partial charge in [-0.05, 0) is 30.2 Å². The summed E-state index contributed by atoms with van der Waals surface area (Å²) in [6.07, 6.45) is 3.35. The smallest absolute Gasteiger partial charge is 0.193 e. The van der Waals surface area contributed by atoms with Gasteiger partial charge in [0.25, 0.3) is 0 Å². The molecule has 1 atom stereocenters. The summed E-state index contributed by atoms with van der Waals surface area (Å²) in [4.78, 5) is 28.3. The van der Waals surface area contributed by atoms with Crippen molar-refractivity contribution in [1.29, 1.82) is 0 Å². The number of Topliss-reactive ketones (excluding diaryl/α,β-unsaturated/α-hetero) is 2. The highest BCUT2D eigenvalue weighted by atomic mass is 19.1. The molecular weight excluding hydrogens is 247 g/mol. The lowest BCUT2D eigenvalue weighted by Gasteiger charge is -2.03. The van der Waals surface area contributed by atoms with Crippen LogP contribution in [0, 0.1) is 11.7 Å². The highest BCUT2D eigenvalue weighted by molar-refractivity contribution is 6.18. The van der Waals surface area contributed by atoms with E-state index in [4.69, 9.17) is 0 Å². The number of halogens is 1. The first-order valence-electron chi connectivity index (χ1n) is 5.91. The SMILES string of the molecule is Cn1cnc(C(=O)C2Cc3cc(F)ccc3C2=O)c1. The molecule has 0 bridgehead atoms. The van der Waals surface area contributed by atoms with Crippen LogP contribution in [0.1, 0.15) is 26.4 Å². The Morgan fingerprint density at radius 1 is 1.47 bits per heavy atom. The second-order valence-corrected chi connectivity index (χ2v) is 4.71. The Kier molecular flexibility index (Phi) is 2.55. The summed E-state index contributed by atoms with van der Waals surface area (Å²) >= 11 is 0. The zero-order valence-electron chi connectivity index (χ0n) is 10.3. The minimum atomic E-state index is -0.772.